The van der Waals surface area contributed by atoms with Gasteiger partial charge in [-0.05, 0) is 0 Å². The normalized spacial score (nSPS) is 25.6. The molecule has 3 aliphatic heterocycles. The molecule has 0 aromatic rings. The predicted molar refractivity (Wildman–Crippen MR) is 83.4 cm³/mol. The topological polar surface area (TPSA) is 111 Å². The molecule has 4 amide bonds. The number of piperazine rings is 1. The molecule has 0 saturated carbocycles. The van der Waals surface area contributed by atoms with Crippen molar-refractivity contribution in [2.24, 2.45) is 0 Å². The highest BCUT2D eigenvalue weighted by Crippen LogP contribution is 2.22. The third-order valence-corrected chi connectivity index (χ3v) is 4.80. The minimum absolute atomic E-state index is 0.0208. The first-order valence-electron chi connectivity index (χ1n) is 8.39. The van der Waals surface area contributed by atoms with Gasteiger partial charge < -0.3 is 14.7 Å². The maximum atomic E-state index is 12.6. The summed E-state index contributed by atoms with van der Waals surface area (Å²) in [7, 11) is 0. The maximum absolute atomic E-state index is 12.6. The average molecular weight is 354 g/mol. The van der Waals surface area contributed by atoms with E-state index in [1.165, 1.54) is 0 Å². The van der Waals surface area contributed by atoms with Crippen molar-refractivity contribution in [3.63, 3.8) is 0 Å². The summed E-state index contributed by atoms with van der Waals surface area (Å²) >= 11 is 0. The van der Waals surface area contributed by atoms with Gasteiger partial charge in [-0.2, -0.15) is 0 Å². The fourth-order valence-corrected chi connectivity index (χ4v) is 3.41. The smallest absolute Gasteiger partial charge is 0.409 e. The number of morpholine rings is 1. The van der Waals surface area contributed by atoms with Crippen LogP contribution in [-0.4, -0.2) is 107 Å². The van der Waals surface area contributed by atoms with Crippen molar-refractivity contribution < 1.29 is 29.0 Å². The molecule has 10 heteroatoms. The molecule has 0 bridgehead atoms. The van der Waals surface area contributed by atoms with Gasteiger partial charge in [-0.15, -0.1) is 0 Å². The SMILES string of the molecule is O=C(CN1CCOCC1)N1CCN(C(=O)O)C(N2C(=O)CCC2=O)C1. The van der Waals surface area contributed by atoms with Crippen LogP contribution < -0.4 is 0 Å². The van der Waals surface area contributed by atoms with Crippen molar-refractivity contribution in [3.8, 4) is 0 Å². The molecule has 3 aliphatic rings. The van der Waals surface area contributed by atoms with Crippen molar-refractivity contribution in [1.29, 1.82) is 0 Å². The highest BCUT2D eigenvalue weighted by atomic mass is 16.5. The van der Waals surface area contributed by atoms with E-state index in [4.69, 9.17) is 4.74 Å². The third-order valence-electron chi connectivity index (χ3n) is 4.80. The molecule has 0 aromatic carbocycles. The summed E-state index contributed by atoms with van der Waals surface area (Å²) in [5, 5.41) is 9.38. The summed E-state index contributed by atoms with van der Waals surface area (Å²) in [6.07, 6.45) is -1.96. The van der Waals surface area contributed by atoms with Crippen molar-refractivity contribution in [1.82, 2.24) is 19.6 Å². The van der Waals surface area contributed by atoms with E-state index in [9.17, 15) is 24.3 Å². The van der Waals surface area contributed by atoms with Gasteiger partial charge in [-0.3, -0.25) is 29.1 Å². The zero-order valence-electron chi connectivity index (χ0n) is 13.9. The largest absolute Gasteiger partial charge is 0.465 e. The van der Waals surface area contributed by atoms with E-state index in [-0.39, 0.29) is 56.7 Å². The van der Waals surface area contributed by atoms with E-state index >= 15 is 0 Å². The lowest BCUT2D eigenvalue weighted by Crippen LogP contribution is -2.64. The standard InChI is InChI=1S/C15H22N4O6/c20-12-1-2-13(21)19(12)11-9-17(3-4-18(11)15(23)24)14(22)10-16-5-7-25-8-6-16/h11H,1-10H2,(H,23,24). The Bertz CT molecular complexity index is 560. The second-order valence-corrected chi connectivity index (χ2v) is 6.34. The Kier molecular flexibility index (Phi) is 5.19. The van der Waals surface area contributed by atoms with Crippen molar-refractivity contribution in [2.45, 2.75) is 19.0 Å². The maximum Gasteiger partial charge on any atom is 0.409 e. The van der Waals surface area contributed by atoms with Crippen molar-refractivity contribution in [3.05, 3.63) is 0 Å². The second-order valence-electron chi connectivity index (χ2n) is 6.34. The minimum atomic E-state index is -1.20. The lowest BCUT2D eigenvalue weighted by atomic mass is 10.2. The molecule has 0 aromatic heterocycles. The number of likely N-dealkylation sites (tertiary alicyclic amines) is 1. The molecule has 0 spiro atoms. The molecule has 0 radical (unpaired) electrons. The Labute approximate surface area is 144 Å². The number of carbonyl (C=O) groups excluding carboxylic acids is 3. The summed E-state index contributed by atoms with van der Waals surface area (Å²) in [5.74, 6) is -0.900. The number of carbonyl (C=O) groups is 4. The fourth-order valence-electron chi connectivity index (χ4n) is 3.41. The Morgan fingerprint density at radius 3 is 2.28 bits per heavy atom. The summed E-state index contributed by atoms with van der Waals surface area (Å²) in [6.45, 7) is 3.09. The number of rotatable bonds is 3. The number of hydrogen-bond acceptors (Lipinski definition) is 6. The van der Waals surface area contributed by atoms with E-state index < -0.39 is 12.3 Å². The van der Waals surface area contributed by atoms with Gasteiger partial charge in [0.05, 0.1) is 26.3 Å². The van der Waals surface area contributed by atoms with Crippen molar-refractivity contribution in [2.75, 3.05) is 52.5 Å². The molecule has 0 aliphatic carbocycles. The van der Waals surface area contributed by atoms with Crippen LogP contribution in [0.5, 0.6) is 0 Å². The third kappa shape index (κ3) is 3.74. The molecule has 3 heterocycles. The first kappa shape index (κ1) is 17.6. The number of amides is 4. The van der Waals surface area contributed by atoms with Crippen LogP contribution in [0.25, 0.3) is 0 Å². The number of imide groups is 1. The van der Waals surface area contributed by atoms with E-state index in [1.807, 2.05) is 4.90 Å². The van der Waals surface area contributed by atoms with Crippen LogP contribution >= 0.6 is 0 Å². The molecular formula is C15H22N4O6. The Morgan fingerprint density at radius 2 is 1.68 bits per heavy atom. The fraction of sp³-hybridized carbons (Fsp3) is 0.733. The molecule has 3 fully saturated rings. The van der Waals surface area contributed by atoms with Crippen molar-refractivity contribution >= 4 is 23.8 Å². The summed E-state index contributed by atoms with van der Waals surface area (Å²) in [6, 6.07) is 0. The highest BCUT2D eigenvalue weighted by molar-refractivity contribution is 6.02. The number of ether oxygens (including phenoxy) is 1. The molecule has 1 N–H and O–H groups in total. The molecule has 10 nitrogen and oxygen atoms in total. The zero-order chi connectivity index (χ0) is 18.0. The molecule has 138 valence electrons. The first-order chi connectivity index (χ1) is 12.0. The first-order valence-corrected chi connectivity index (χ1v) is 8.39. The lowest BCUT2D eigenvalue weighted by Gasteiger charge is -2.43. The predicted octanol–water partition coefficient (Wildman–Crippen LogP) is -1.38. The van der Waals surface area contributed by atoms with E-state index in [1.54, 1.807) is 4.90 Å². The molecule has 25 heavy (non-hydrogen) atoms. The van der Waals surface area contributed by atoms with Gasteiger partial charge in [-0.1, -0.05) is 0 Å². The molecule has 3 rings (SSSR count). The Balaban J connectivity index is 1.69. The summed E-state index contributed by atoms with van der Waals surface area (Å²) in [5.41, 5.74) is 0. The van der Waals surface area contributed by atoms with Crippen LogP contribution in [-0.2, 0) is 19.1 Å². The second kappa shape index (κ2) is 7.36. The van der Waals surface area contributed by atoms with Crippen LogP contribution in [0.4, 0.5) is 4.79 Å². The van der Waals surface area contributed by atoms with E-state index in [0.29, 0.717) is 26.3 Å². The number of carboxylic acid groups (broad SMARTS) is 1. The van der Waals surface area contributed by atoms with E-state index in [0.717, 1.165) is 9.80 Å². The van der Waals surface area contributed by atoms with Crippen LogP contribution in [0.15, 0.2) is 0 Å². The molecule has 3 saturated heterocycles. The van der Waals surface area contributed by atoms with Crippen LogP contribution in [0, 0.1) is 0 Å². The van der Waals surface area contributed by atoms with Crippen LogP contribution in [0.1, 0.15) is 12.8 Å². The van der Waals surface area contributed by atoms with E-state index in [2.05, 4.69) is 0 Å². The van der Waals surface area contributed by atoms with Gasteiger partial charge in [0.25, 0.3) is 0 Å². The summed E-state index contributed by atoms with van der Waals surface area (Å²) < 4.78 is 5.26. The average Bonchev–Trinajstić information content (AvgIpc) is 2.93. The van der Waals surface area contributed by atoms with Crippen LogP contribution in [0.2, 0.25) is 0 Å². The van der Waals surface area contributed by atoms with Gasteiger partial charge in [0.15, 0.2) is 0 Å². The van der Waals surface area contributed by atoms with Gasteiger partial charge in [0, 0.05) is 39.0 Å². The minimum Gasteiger partial charge on any atom is -0.465 e. The molecular weight excluding hydrogens is 332 g/mol. The Hall–Kier alpha value is -2.20. The molecule has 1 atom stereocenters. The lowest BCUT2D eigenvalue weighted by molar-refractivity contribution is -0.152. The van der Waals surface area contributed by atoms with Gasteiger partial charge in [0.1, 0.15) is 6.17 Å². The molecule has 1 unspecified atom stereocenters. The zero-order valence-corrected chi connectivity index (χ0v) is 13.9. The van der Waals surface area contributed by atoms with Gasteiger partial charge in [0.2, 0.25) is 17.7 Å². The van der Waals surface area contributed by atoms with Gasteiger partial charge >= 0.3 is 6.09 Å². The quantitative estimate of drug-likeness (QED) is 0.622. The monoisotopic (exact) mass is 354 g/mol. The number of nitrogens with zero attached hydrogens (tertiary/aromatic N) is 4. The van der Waals surface area contributed by atoms with Crippen LogP contribution in [0.3, 0.4) is 0 Å². The van der Waals surface area contributed by atoms with Gasteiger partial charge in [-0.25, -0.2) is 4.79 Å². The summed E-state index contributed by atoms with van der Waals surface area (Å²) in [4.78, 5) is 53.6. The highest BCUT2D eigenvalue weighted by Gasteiger charge is 2.43. The Morgan fingerprint density at radius 1 is 1.04 bits per heavy atom. The number of hydrogen-bond donors (Lipinski definition) is 1.